The van der Waals surface area contributed by atoms with E-state index in [0.717, 1.165) is 38.5 Å². The molecule has 4 saturated carbocycles. The van der Waals surface area contributed by atoms with Crippen LogP contribution < -0.4 is 0 Å². The molecular formula is C30H48O5. The first-order valence-corrected chi connectivity index (χ1v) is 14.0. The van der Waals surface area contributed by atoms with Crippen molar-refractivity contribution >= 4 is 5.97 Å². The van der Waals surface area contributed by atoms with E-state index in [1.165, 1.54) is 5.57 Å². The van der Waals surface area contributed by atoms with Gasteiger partial charge in [-0.05, 0) is 97.2 Å². The van der Waals surface area contributed by atoms with E-state index in [2.05, 4.69) is 47.6 Å². The molecule has 5 aliphatic carbocycles. The lowest BCUT2D eigenvalue weighted by Gasteiger charge is -2.71. The Morgan fingerprint density at radius 2 is 1.60 bits per heavy atom. The summed E-state index contributed by atoms with van der Waals surface area (Å²) >= 11 is 0. The molecule has 0 aromatic heterocycles. The van der Waals surface area contributed by atoms with E-state index < -0.39 is 29.0 Å². The van der Waals surface area contributed by atoms with Gasteiger partial charge < -0.3 is 20.4 Å². The number of carboxylic acid groups (broad SMARTS) is 1. The van der Waals surface area contributed by atoms with Gasteiger partial charge in [0.05, 0.1) is 18.8 Å². The first-order valence-electron chi connectivity index (χ1n) is 14.0. The summed E-state index contributed by atoms with van der Waals surface area (Å²) in [6.07, 6.45) is 8.30. The lowest BCUT2D eigenvalue weighted by Crippen LogP contribution is -2.68. The van der Waals surface area contributed by atoms with Crippen LogP contribution >= 0.6 is 0 Å². The number of rotatable bonds is 2. The van der Waals surface area contributed by atoms with Crippen molar-refractivity contribution in [2.24, 2.45) is 50.2 Å². The van der Waals surface area contributed by atoms with Gasteiger partial charge >= 0.3 is 5.97 Å². The fourth-order valence-electron chi connectivity index (χ4n) is 10.8. The Labute approximate surface area is 211 Å². The molecule has 5 rings (SSSR count). The maximum absolute atomic E-state index is 12.8. The van der Waals surface area contributed by atoms with Gasteiger partial charge in [0.2, 0.25) is 0 Å². The molecule has 0 amide bonds. The quantitative estimate of drug-likeness (QED) is 0.402. The average molecular weight is 489 g/mol. The second kappa shape index (κ2) is 7.57. The summed E-state index contributed by atoms with van der Waals surface area (Å²) in [5.41, 5.74) is -0.522. The minimum atomic E-state index is -1.07. The van der Waals surface area contributed by atoms with Crippen LogP contribution in [0.4, 0.5) is 0 Å². The van der Waals surface area contributed by atoms with E-state index in [4.69, 9.17) is 0 Å². The van der Waals surface area contributed by atoms with E-state index in [1.807, 2.05) is 0 Å². The van der Waals surface area contributed by atoms with Crippen LogP contribution in [0.1, 0.15) is 99.3 Å². The maximum atomic E-state index is 12.8. The Hall–Kier alpha value is -0.910. The highest BCUT2D eigenvalue weighted by molar-refractivity contribution is 5.77. The average Bonchev–Trinajstić information content (AvgIpc) is 2.76. The van der Waals surface area contributed by atoms with Gasteiger partial charge in [-0.25, -0.2) is 0 Å². The number of hydrogen-bond donors (Lipinski definition) is 4. The highest BCUT2D eigenvalue weighted by Crippen LogP contribution is 2.75. The Balaban J connectivity index is 1.63. The third kappa shape index (κ3) is 3.01. The molecule has 5 heteroatoms. The predicted molar refractivity (Wildman–Crippen MR) is 135 cm³/mol. The van der Waals surface area contributed by atoms with Gasteiger partial charge in [-0.1, -0.05) is 53.2 Å². The van der Waals surface area contributed by atoms with Crippen LogP contribution in [0.15, 0.2) is 11.6 Å². The van der Waals surface area contributed by atoms with Crippen LogP contribution in [0.25, 0.3) is 0 Å². The maximum Gasteiger partial charge on any atom is 0.312 e. The van der Waals surface area contributed by atoms with Gasteiger partial charge in [-0.3, -0.25) is 4.79 Å². The van der Waals surface area contributed by atoms with E-state index in [0.29, 0.717) is 25.2 Å². The zero-order chi connectivity index (χ0) is 25.8. The molecule has 0 spiro atoms. The molecule has 4 N–H and O–H groups in total. The molecule has 35 heavy (non-hydrogen) atoms. The van der Waals surface area contributed by atoms with E-state index in [1.54, 1.807) is 0 Å². The molecule has 5 nitrogen and oxygen atoms in total. The number of hydrogen-bond acceptors (Lipinski definition) is 4. The van der Waals surface area contributed by atoms with Crippen molar-refractivity contribution in [2.45, 2.75) is 112 Å². The van der Waals surface area contributed by atoms with Crippen molar-refractivity contribution in [3.8, 4) is 0 Å². The van der Waals surface area contributed by atoms with E-state index in [9.17, 15) is 25.2 Å². The number of aliphatic carboxylic acids is 1. The highest BCUT2D eigenvalue weighted by atomic mass is 16.4. The zero-order valence-corrected chi connectivity index (χ0v) is 22.7. The summed E-state index contributed by atoms with van der Waals surface area (Å²) in [6, 6.07) is 0. The molecule has 10 atom stereocenters. The molecule has 0 bridgehead atoms. The van der Waals surface area contributed by atoms with Crippen LogP contribution in [-0.2, 0) is 4.79 Å². The second-order valence-electron chi connectivity index (χ2n) is 15.0. The molecule has 0 aromatic carbocycles. The molecule has 0 saturated heterocycles. The molecule has 5 aliphatic rings. The van der Waals surface area contributed by atoms with Crippen molar-refractivity contribution in [1.82, 2.24) is 0 Å². The fourth-order valence-corrected chi connectivity index (χ4v) is 10.8. The summed E-state index contributed by atoms with van der Waals surface area (Å²) in [7, 11) is 0. The number of carbonyl (C=O) groups is 1. The highest BCUT2D eigenvalue weighted by Gasteiger charge is 2.71. The number of allylic oxidation sites excluding steroid dienone is 2. The summed E-state index contributed by atoms with van der Waals surface area (Å²) in [6.45, 7) is 13.7. The SMILES string of the molecule is CC1(C)CC[C@@]2(C(=O)O)[C@H](C1)C1=CC[C@H]3[C@@]4(C)CC[C@H](O)[C@@](C)(CO)[C@@H]4CC[C@@]3(C)[C@]1(C)C[C@@H]2O. The molecular weight excluding hydrogens is 440 g/mol. The van der Waals surface area contributed by atoms with E-state index >= 15 is 0 Å². The van der Waals surface area contributed by atoms with Crippen LogP contribution in [0.5, 0.6) is 0 Å². The molecule has 198 valence electrons. The summed E-state index contributed by atoms with van der Waals surface area (Å²) in [4.78, 5) is 12.8. The zero-order valence-electron chi connectivity index (χ0n) is 22.7. The molecule has 4 fully saturated rings. The molecule has 0 aliphatic heterocycles. The minimum Gasteiger partial charge on any atom is -0.481 e. The monoisotopic (exact) mass is 488 g/mol. The Kier molecular flexibility index (Phi) is 5.56. The third-order valence-electron chi connectivity index (χ3n) is 13.2. The molecule has 0 heterocycles. The number of fused-ring (bicyclic) bond motifs is 7. The van der Waals surface area contributed by atoms with Crippen LogP contribution in [0.3, 0.4) is 0 Å². The number of carboxylic acids is 1. The minimum absolute atomic E-state index is 0.00707. The van der Waals surface area contributed by atoms with Gasteiger partial charge in [-0.2, -0.15) is 0 Å². The Morgan fingerprint density at radius 3 is 2.23 bits per heavy atom. The third-order valence-corrected chi connectivity index (χ3v) is 13.2. The van der Waals surface area contributed by atoms with Crippen molar-refractivity contribution in [1.29, 1.82) is 0 Å². The lowest BCUT2D eigenvalue weighted by molar-refractivity contribution is -0.226. The Morgan fingerprint density at radius 1 is 0.914 bits per heavy atom. The summed E-state index contributed by atoms with van der Waals surface area (Å²) in [5, 5.41) is 43.5. The summed E-state index contributed by atoms with van der Waals surface area (Å²) in [5.74, 6) is -0.323. The summed E-state index contributed by atoms with van der Waals surface area (Å²) < 4.78 is 0. The van der Waals surface area contributed by atoms with Crippen molar-refractivity contribution in [2.75, 3.05) is 6.61 Å². The van der Waals surface area contributed by atoms with Crippen molar-refractivity contribution in [3.05, 3.63) is 11.6 Å². The Bertz CT molecular complexity index is 941. The molecule has 0 aromatic rings. The molecule has 0 unspecified atom stereocenters. The van der Waals surface area contributed by atoms with Crippen molar-refractivity contribution < 1.29 is 25.2 Å². The normalized spacial score (nSPS) is 55.0. The van der Waals surface area contributed by atoms with Gasteiger partial charge in [0.1, 0.15) is 5.41 Å². The topological polar surface area (TPSA) is 98.0 Å². The number of aliphatic hydroxyl groups is 3. The van der Waals surface area contributed by atoms with Crippen LogP contribution in [-0.4, -0.2) is 45.2 Å². The fraction of sp³-hybridized carbons (Fsp3) is 0.900. The smallest absolute Gasteiger partial charge is 0.312 e. The lowest BCUT2D eigenvalue weighted by atomic mass is 9.33. The van der Waals surface area contributed by atoms with Gasteiger partial charge in [0.25, 0.3) is 0 Å². The van der Waals surface area contributed by atoms with Gasteiger partial charge in [-0.15, -0.1) is 0 Å². The van der Waals surface area contributed by atoms with Crippen molar-refractivity contribution in [3.63, 3.8) is 0 Å². The van der Waals surface area contributed by atoms with Gasteiger partial charge in [0.15, 0.2) is 0 Å². The predicted octanol–water partition coefficient (Wildman–Crippen LogP) is 5.18. The standard InChI is InChI=1S/C30H48O5/c1-25(2)13-14-30(24(34)35)19(15-25)18-7-8-21-26(3)11-10-22(32)27(4,17-31)20(26)9-12-28(21,5)29(18,6)16-23(30)33/h7,19-23,31-33H,8-17H2,1-6H3,(H,34,35)/t19-,20-,21+,22+,23+,26+,27+,28-,29-,30-/m1/s1. The number of aliphatic hydroxyl groups excluding tert-OH is 3. The van der Waals surface area contributed by atoms with Crippen LogP contribution in [0.2, 0.25) is 0 Å². The molecule has 0 radical (unpaired) electrons. The largest absolute Gasteiger partial charge is 0.481 e. The van der Waals surface area contributed by atoms with Gasteiger partial charge in [0, 0.05) is 5.41 Å². The first kappa shape index (κ1) is 25.7. The van der Waals surface area contributed by atoms with E-state index in [-0.39, 0.29) is 40.1 Å². The van der Waals surface area contributed by atoms with Crippen LogP contribution in [0, 0.1) is 50.2 Å². The first-order chi connectivity index (χ1) is 16.1. The second-order valence-corrected chi connectivity index (χ2v) is 15.0.